The molecular weight excluding hydrogens is 424 g/mol. The van der Waals surface area contributed by atoms with E-state index in [9.17, 15) is 19.7 Å². The summed E-state index contributed by atoms with van der Waals surface area (Å²) >= 11 is 6.09. The van der Waals surface area contributed by atoms with Crippen molar-refractivity contribution in [3.05, 3.63) is 69.4 Å². The first-order valence-corrected chi connectivity index (χ1v) is 9.98. The fourth-order valence-electron chi connectivity index (χ4n) is 4.49. The van der Waals surface area contributed by atoms with Crippen molar-refractivity contribution in [3.8, 4) is 11.6 Å². The molecule has 2 amide bonds. The van der Waals surface area contributed by atoms with E-state index < -0.39 is 4.92 Å². The van der Waals surface area contributed by atoms with Gasteiger partial charge in [0.25, 0.3) is 17.5 Å². The van der Waals surface area contributed by atoms with Crippen LogP contribution in [0.15, 0.2) is 53.8 Å². The molecule has 1 saturated carbocycles. The average Bonchev–Trinajstić information content (AvgIpc) is 3.43. The van der Waals surface area contributed by atoms with E-state index in [1.54, 1.807) is 18.2 Å². The minimum Gasteiger partial charge on any atom is -0.438 e. The van der Waals surface area contributed by atoms with Gasteiger partial charge in [-0.3, -0.25) is 19.7 Å². The van der Waals surface area contributed by atoms with Crippen LogP contribution in [0.1, 0.15) is 12.0 Å². The van der Waals surface area contributed by atoms with Crippen molar-refractivity contribution in [2.45, 2.75) is 6.42 Å². The molecule has 2 aliphatic carbocycles. The molecule has 4 atom stereocenters. The van der Waals surface area contributed by atoms with E-state index in [0.29, 0.717) is 16.3 Å². The molecule has 1 aromatic carbocycles. The van der Waals surface area contributed by atoms with Gasteiger partial charge in [0.05, 0.1) is 23.0 Å². The highest BCUT2D eigenvalue weighted by Crippen LogP contribution is 2.52. The fraction of sp³-hybridized carbons (Fsp3) is 0.238. The number of halogens is 1. The number of amides is 2. The van der Waals surface area contributed by atoms with Crippen LogP contribution < -0.4 is 4.74 Å². The van der Waals surface area contributed by atoms with Crippen LogP contribution in [0.5, 0.6) is 11.6 Å². The fourth-order valence-corrected chi connectivity index (χ4v) is 4.67. The lowest BCUT2D eigenvalue weighted by molar-refractivity contribution is -0.385. The summed E-state index contributed by atoms with van der Waals surface area (Å²) in [6.45, 7) is 0. The number of pyridine rings is 1. The van der Waals surface area contributed by atoms with Gasteiger partial charge in [-0.05, 0) is 36.5 Å². The monoisotopic (exact) mass is 438 g/mol. The van der Waals surface area contributed by atoms with E-state index in [-0.39, 0.29) is 47.1 Å². The third-order valence-electron chi connectivity index (χ3n) is 5.88. The van der Waals surface area contributed by atoms with E-state index in [4.69, 9.17) is 16.3 Å². The Morgan fingerprint density at radius 2 is 1.87 bits per heavy atom. The number of allylic oxidation sites excluding steroid dienone is 2. The van der Waals surface area contributed by atoms with Gasteiger partial charge in [0.1, 0.15) is 11.9 Å². The number of imide groups is 1. The van der Waals surface area contributed by atoms with Crippen LogP contribution in [0.25, 0.3) is 0 Å². The Morgan fingerprint density at radius 3 is 2.48 bits per heavy atom. The predicted octanol–water partition coefficient (Wildman–Crippen LogP) is 3.58. The van der Waals surface area contributed by atoms with E-state index >= 15 is 0 Å². The second kappa shape index (κ2) is 7.28. The summed E-state index contributed by atoms with van der Waals surface area (Å²) in [7, 11) is 0. The predicted molar refractivity (Wildman–Crippen MR) is 110 cm³/mol. The van der Waals surface area contributed by atoms with Gasteiger partial charge in [-0.2, -0.15) is 10.1 Å². The molecule has 5 rings (SSSR count). The first kappa shape index (κ1) is 19.4. The normalized spacial score (nSPS) is 26.2. The molecule has 2 aromatic rings. The van der Waals surface area contributed by atoms with E-state index in [1.807, 2.05) is 12.2 Å². The van der Waals surface area contributed by atoms with Crippen molar-refractivity contribution in [3.63, 3.8) is 0 Å². The summed E-state index contributed by atoms with van der Waals surface area (Å²) < 4.78 is 5.70. The van der Waals surface area contributed by atoms with Gasteiger partial charge >= 0.3 is 0 Å². The standard InChI is InChI=1S/C21H15ClN4O5/c22-14-3-5-16(31-17-6-4-15(10-23-17)26(29)30)13(8-14)9-24-25-20(27)18-11-1-2-12(7-11)19(18)21(25)28/h1-6,8-12,18-19H,7H2/t11-,12-,18-,19+/m0/s1. The highest BCUT2D eigenvalue weighted by molar-refractivity contribution is 6.31. The van der Waals surface area contributed by atoms with E-state index in [1.165, 1.54) is 18.3 Å². The maximum Gasteiger partial charge on any atom is 0.287 e. The molecule has 1 aliphatic heterocycles. The molecule has 156 valence electrons. The van der Waals surface area contributed by atoms with E-state index in [2.05, 4.69) is 10.1 Å². The smallest absolute Gasteiger partial charge is 0.287 e. The van der Waals surface area contributed by atoms with Gasteiger partial charge in [0.15, 0.2) is 0 Å². The SMILES string of the molecule is O=C1[C@@H]2[C@H](C(=O)N1N=Cc1cc(Cl)ccc1Oc1ccc([N+](=O)[O-])cn1)[C@H]1C=C[C@H]2C1. The molecule has 0 unspecified atom stereocenters. The second-order valence-corrected chi connectivity index (χ2v) is 8.07. The molecule has 10 heteroatoms. The first-order chi connectivity index (χ1) is 14.9. The number of carbonyl (C=O) groups is 2. The number of fused-ring (bicyclic) bond motifs is 5. The highest BCUT2D eigenvalue weighted by atomic mass is 35.5. The molecule has 2 fully saturated rings. The van der Waals surface area contributed by atoms with Crippen LogP contribution in [-0.4, -0.2) is 32.9 Å². The van der Waals surface area contributed by atoms with Crippen LogP contribution in [0.4, 0.5) is 5.69 Å². The summed E-state index contributed by atoms with van der Waals surface area (Å²) in [5.41, 5.74) is 0.261. The van der Waals surface area contributed by atoms with Crippen LogP contribution in [0, 0.1) is 33.8 Å². The lowest BCUT2D eigenvalue weighted by Crippen LogP contribution is -2.28. The van der Waals surface area contributed by atoms with Gasteiger partial charge in [0, 0.05) is 22.7 Å². The Kier molecular flexibility index (Phi) is 4.55. The molecule has 9 nitrogen and oxygen atoms in total. The quantitative estimate of drug-likeness (QED) is 0.232. The summed E-state index contributed by atoms with van der Waals surface area (Å²) in [5.74, 6) is -0.592. The Hall–Kier alpha value is -3.59. The Bertz CT molecular complexity index is 1130. The number of nitrogens with zero attached hydrogens (tertiary/aromatic N) is 4. The Morgan fingerprint density at radius 1 is 1.16 bits per heavy atom. The summed E-state index contributed by atoms with van der Waals surface area (Å²) in [4.78, 5) is 39.7. The Labute approximate surface area is 181 Å². The minimum absolute atomic E-state index is 0.102. The van der Waals surface area contributed by atoms with Crippen molar-refractivity contribution in [1.29, 1.82) is 0 Å². The number of nitro groups is 1. The zero-order chi connectivity index (χ0) is 21.7. The van der Waals surface area contributed by atoms with Crippen LogP contribution >= 0.6 is 11.6 Å². The number of hydrogen-bond acceptors (Lipinski definition) is 7. The third kappa shape index (κ3) is 3.27. The number of ether oxygens (including phenoxy) is 1. The highest BCUT2D eigenvalue weighted by Gasteiger charge is 2.59. The molecule has 31 heavy (non-hydrogen) atoms. The van der Waals surface area contributed by atoms with Crippen LogP contribution in [-0.2, 0) is 9.59 Å². The van der Waals surface area contributed by atoms with E-state index in [0.717, 1.165) is 17.6 Å². The van der Waals surface area contributed by atoms with Crippen LogP contribution in [0.3, 0.4) is 0 Å². The maximum atomic E-state index is 12.8. The number of aromatic nitrogens is 1. The largest absolute Gasteiger partial charge is 0.438 e. The molecule has 0 N–H and O–H groups in total. The number of carbonyl (C=O) groups excluding carboxylic acids is 2. The number of rotatable bonds is 5. The lowest BCUT2D eigenvalue weighted by Gasteiger charge is -2.13. The molecule has 3 aliphatic rings. The maximum absolute atomic E-state index is 12.8. The lowest BCUT2D eigenvalue weighted by atomic mass is 9.85. The minimum atomic E-state index is -0.557. The van der Waals surface area contributed by atoms with Gasteiger partial charge in [0.2, 0.25) is 5.88 Å². The van der Waals surface area contributed by atoms with Crippen molar-refractivity contribution in [2.75, 3.05) is 0 Å². The third-order valence-corrected chi connectivity index (χ3v) is 6.11. The van der Waals surface area contributed by atoms with Crippen molar-refractivity contribution in [2.24, 2.45) is 28.8 Å². The molecule has 1 aromatic heterocycles. The van der Waals surface area contributed by atoms with Crippen molar-refractivity contribution < 1.29 is 19.2 Å². The van der Waals surface area contributed by atoms with Gasteiger partial charge in [-0.25, -0.2) is 4.98 Å². The molecular formula is C21H15ClN4O5. The topological polar surface area (TPSA) is 115 Å². The zero-order valence-electron chi connectivity index (χ0n) is 15.9. The molecule has 1 saturated heterocycles. The van der Waals surface area contributed by atoms with Crippen molar-refractivity contribution >= 4 is 35.3 Å². The van der Waals surface area contributed by atoms with Gasteiger partial charge in [-0.1, -0.05) is 23.8 Å². The van der Waals surface area contributed by atoms with Crippen molar-refractivity contribution in [1.82, 2.24) is 9.99 Å². The van der Waals surface area contributed by atoms with Gasteiger partial charge in [-0.15, -0.1) is 0 Å². The summed E-state index contributed by atoms with van der Waals surface area (Å²) in [6.07, 6.45) is 7.31. The molecule has 2 heterocycles. The Balaban J connectivity index is 1.39. The summed E-state index contributed by atoms with van der Waals surface area (Å²) in [5, 5.41) is 16.3. The summed E-state index contributed by atoms with van der Waals surface area (Å²) in [6, 6.07) is 7.39. The average molecular weight is 439 g/mol. The molecule has 2 bridgehead atoms. The number of hydrazone groups is 1. The molecule has 0 spiro atoms. The molecule has 0 radical (unpaired) electrons. The second-order valence-electron chi connectivity index (χ2n) is 7.63. The van der Waals surface area contributed by atoms with Crippen LogP contribution in [0.2, 0.25) is 5.02 Å². The number of hydrogen-bond donors (Lipinski definition) is 0. The van der Waals surface area contributed by atoms with Gasteiger partial charge < -0.3 is 4.74 Å². The number of benzene rings is 1. The zero-order valence-corrected chi connectivity index (χ0v) is 16.7. The first-order valence-electron chi connectivity index (χ1n) is 9.60.